The molecule has 0 amide bonds. The summed E-state index contributed by atoms with van der Waals surface area (Å²) in [5.74, 6) is -1.19. The first kappa shape index (κ1) is 14.3. The smallest absolute Gasteiger partial charge is 0.339 e. The van der Waals surface area contributed by atoms with Crippen LogP contribution in [0.2, 0.25) is 0 Å². The van der Waals surface area contributed by atoms with Gasteiger partial charge in [-0.15, -0.1) is 0 Å². The Labute approximate surface area is 127 Å². The number of nitrogens with zero attached hydrogens (tertiary/aromatic N) is 1. The van der Waals surface area contributed by atoms with E-state index in [1.54, 1.807) is 24.3 Å². The van der Waals surface area contributed by atoms with Crippen LogP contribution >= 0.6 is 22.6 Å². The first-order valence-corrected chi connectivity index (χ1v) is 6.51. The Bertz CT molecular complexity index is 654. The van der Waals surface area contributed by atoms with Crippen molar-refractivity contribution in [3.8, 4) is 11.5 Å². The molecule has 0 fully saturated rings. The van der Waals surface area contributed by atoms with E-state index in [4.69, 9.17) is 9.84 Å². The normalized spacial score (nSPS) is 10.1. The van der Waals surface area contributed by atoms with E-state index in [1.165, 1.54) is 18.2 Å². The molecule has 0 radical (unpaired) electrons. The van der Waals surface area contributed by atoms with Crippen molar-refractivity contribution in [3.05, 3.63) is 61.7 Å². The summed E-state index contributed by atoms with van der Waals surface area (Å²) in [4.78, 5) is 21.5. The summed E-state index contributed by atoms with van der Waals surface area (Å²) < 4.78 is 6.19. The van der Waals surface area contributed by atoms with E-state index in [0.717, 1.165) is 3.57 Å². The maximum Gasteiger partial charge on any atom is 0.339 e. The molecular weight excluding hydrogens is 377 g/mol. The van der Waals surface area contributed by atoms with Gasteiger partial charge in [0, 0.05) is 6.07 Å². The number of para-hydroxylation sites is 2. The Balaban J connectivity index is 2.57. The number of carbonyl (C=O) groups is 1. The lowest BCUT2D eigenvalue weighted by Crippen LogP contribution is -2.03. The zero-order valence-corrected chi connectivity index (χ0v) is 12.1. The highest BCUT2D eigenvalue weighted by atomic mass is 127. The van der Waals surface area contributed by atoms with E-state index < -0.39 is 10.9 Å². The molecule has 0 atom stereocenters. The summed E-state index contributed by atoms with van der Waals surface area (Å²) in [6, 6.07) is 10.6. The number of benzene rings is 2. The highest BCUT2D eigenvalue weighted by Crippen LogP contribution is 2.36. The average molecular weight is 385 g/mol. The van der Waals surface area contributed by atoms with Crippen molar-refractivity contribution in [1.29, 1.82) is 0 Å². The van der Waals surface area contributed by atoms with Crippen LogP contribution in [-0.2, 0) is 0 Å². The highest BCUT2D eigenvalue weighted by molar-refractivity contribution is 14.1. The second-order valence-electron chi connectivity index (χ2n) is 3.75. The van der Waals surface area contributed by atoms with Crippen LogP contribution in [0.3, 0.4) is 0 Å². The van der Waals surface area contributed by atoms with Crippen molar-refractivity contribution in [2.45, 2.75) is 0 Å². The van der Waals surface area contributed by atoms with Crippen molar-refractivity contribution in [1.82, 2.24) is 0 Å². The Kier molecular flexibility index (Phi) is 4.18. The van der Waals surface area contributed by atoms with Gasteiger partial charge in [-0.05, 0) is 40.8 Å². The summed E-state index contributed by atoms with van der Waals surface area (Å²) >= 11 is 2.00. The number of nitro benzene ring substituents is 1. The largest absolute Gasteiger partial charge is 0.478 e. The molecule has 0 saturated carbocycles. The molecule has 2 rings (SSSR count). The number of ether oxygens (including phenoxy) is 1. The molecule has 1 N–H and O–H groups in total. The Morgan fingerprint density at radius 1 is 1.20 bits per heavy atom. The minimum Gasteiger partial charge on any atom is -0.478 e. The molecule has 0 heterocycles. The monoisotopic (exact) mass is 385 g/mol. The zero-order valence-electron chi connectivity index (χ0n) is 9.95. The first-order valence-electron chi connectivity index (χ1n) is 5.44. The molecule has 0 aliphatic rings. The van der Waals surface area contributed by atoms with Gasteiger partial charge < -0.3 is 9.84 Å². The Morgan fingerprint density at radius 2 is 1.90 bits per heavy atom. The Morgan fingerprint density at radius 3 is 2.50 bits per heavy atom. The van der Waals surface area contributed by atoms with Gasteiger partial charge in [-0.25, -0.2) is 4.79 Å². The molecule has 0 unspecified atom stereocenters. The molecule has 6 nitrogen and oxygen atoms in total. The fourth-order valence-corrected chi connectivity index (χ4v) is 2.08. The number of nitro groups is 1. The van der Waals surface area contributed by atoms with E-state index in [1.807, 2.05) is 22.6 Å². The van der Waals surface area contributed by atoms with Gasteiger partial charge in [-0.1, -0.05) is 18.2 Å². The van der Waals surface area contributed by atoms with Gasteiger partial charge in [0.1, 0.15) is 11.3 Å². The van der Waals surface area contributed by atoms with E-state index >= 15 is 0 Å². The van der Waals surface area contributed by atoms with Crippen molar-refractivity contribution in [2.75, 3.05) is 0 Å². The maximum absolute atomic E-state index is 11.2. The third-order valence-corrected chi connectivity index (χ3v) is 3.36. The second-order valence-corrected chi connectivity index (χ2v) is 4.91. The number of carboxylic acids is 1. The number of rotatable bonds is 4. The summed E-state index contributed by atoms with van der Waals surface area (Å²) in [5.41, 5.74) is -0.636. The molecule has 20 heavy (non-hydrogen) atoms. The van der Waals surface area contributed by atoms with E-state index in [2.05, 4.69) is 0 Å². The molecule has 0 aliphatic heterocycles. The molecule has 0 saturated heterocycles. The van der Waals surface area contributed by atoms with Crippen molar-refractivity contribution in [3.63, 3.8) is 0 Å². The number of halogens is 1. The van der Waals surface area contributed by atoms with E-state index in [0.29, 0.717) is 5.75 Å². The number of hydrogen-bond donors (Lipinski definition) is 1. The predicted molar refractivity (Wildman–Crippen MR) is 79.3 cm³/mol. The maximum atomic E-state index is 11.2. The minimum absolute atomic E-state index is 0.251. The predicted octanol–water partition coefficient (Wildman–Crippen LogP) is 3.69. The van der Waals surface area contributed by atoms with Gasteiger partial charge in [0.25, 0.3) is 0 Å². The van der Waals surface area contributed by atoms with Crippen LogP contribution in [0.25, 0.3) is 0 Å². The zero-order chi connectivity index (χ0) is 14.7. The third-order valence-electron chi connectivity index (χ3n) is 2.47. The van der Waals surface area contributed by atoms with Gasteiger partial charge in [-0.3, -0.25) is 10.1 Å². The molecule has 7 heteroatoms. The van der Waals surface area contributed by atoms with Gasteiger partial charge >= 0.3 is 11.7 Å². The van der Waals surface area contributed by atoms with Gasteiger partial charge in [0.05, 0.1) is 8.49 Å². The number of hydrogen-bond acceptors (Lipinski definition) is 4. The average Bonchev–Trinajstić information content (AvgIpc) is 2.41. The van der Waals surface area contributed by atoms with Crippen molar-refractivity contribution >= 4 is 34.2 Å². The standard InChI is InChI=1S/C13H8INO5/c14-9-5-1-2-7-11(9)20-12-8(13(16)17)4-3-6-10(12)15(18)19/h1-7H,(H,16,17). The van der Waals surface area contributed by atoms with Gasteiger partial charge in [0.2, 0.25) is 5.75 Å². The lowest BCUT2D eigenvalue weighted by atomic mass is 10.1. The SMILES string of the molecule is O=C(O)c1cccc([N+](=O)[O-])c1Oc1ccccc1I. The lowest BCUT2D eigenvalue weighted by molar-refractivity contribution is -0.385. The number of aromatic carboxylic acids is 1. The molecule has 102 valence electrons. The van der Waals surface area contributed by atoms with Crippen LogP contribution in [0.5, 0.6) is 11.5 Å². The second kappa shape index (κ2) is 5.87. The molecule has 0 bridgehead atoms. The molecule has 0 spiro atoms. The summed E-state index contributed by atoms with van der Waals surface area (Å²) in [6.07, 6.45) is 0. The summed E-state index contributed by atoms with van der Waals surface area (Å²) in [6.45, 7) is 0. The highest BCUT2D eigenvalue weighted by Gasteiger charge is 2.24. The fraction of sp³-hybridized carbons (Fsp3) is 0. The number of carboxylic acid groups (broad SMARTS) is 1. The van der Waals surface area contributed by atoms with E-state index in [-0.39, 0.29) is 17.0 Å². The van der Waals surface area contributed by atoms with Crippen LogP contribution in [-0.4, -0.2) is 16.0 Å². The van der Waals surface area contributed by atoms with E-state index in [9.17, 15) is 14.9 Å². The third kappa shape index (κ3) is 2.87. The first-order chi connectivity index (χ1) is 9.50. The van der Waals surface area contributed by atoms with Crippen LogP contribution in [0.15, 0.2) is 42.5 Å². The van der Waals surface area contributed by atoms with Crippen LogP contribution in [0, 0.1) is 13.7 Å². The van der Waals surface area contributed by atoms with Gasteiger partial charge in [-0.2, -0.15) is 0 Å². The molecule has 0 aromatic heterocycles. The quantitative estimate of drug-likeness (QED) is 0.493. The molecular formula is C13H8INO5. The van der Waals surface area contributed by atoms with Crippen LogP contribution < -0.4 is 4.74 Å². The van der Waals surface area contributed by atoms with Crippen molar-refractivity contribution in [2.24, 2.45) is 0 Å². The molecule has 2 aromatic carbocycles. The molecule has 2 aromatic rings. The summed E-state index contributed by atoms with van der Waals surface area (Å²) in [7, 11) is 0. The van der Waals surface area contributed by atoms with Crippen LogP contribution in [0.1, 0.15) is 10.4 Å². The van der Waals surface area contributed by atoms with Crippen molar-refractivity contribution < 1.29 is 19.6 Å². The fourth-order valence-electron chi connectivity index (χ4n) is 1.58. The topological polar surface area (TPSA) is 89.7 Å². The Hall–Kier alpha value is -2.16. The minimum atomic E-state index is -1.28. The summed E-state index contributed by atoms with van der Waals surface area (Å²) in [5, 5.41) is 20.1. The molecule has 0 aliphatic carbocycles. The van der Waals surface area contributed by atoms with Crippen LogP contribution in [0.4, 0.5) is 5.69 Å². The lowest BCUT2D eigenvalue weighted by Gasteiger charge is -2.10. The van der Waals surface area contributed by atoms with Gasteiger partial charge in [0.15, 0.2) is 0 Å².